The van der Waals surface area contributed by atoms with Crippen LogP contribution in [-0.4, -0.2) is 7.11 Å². The van der Waals surface area contributed by atoms with Gasteiger partial charge in [0.05, 0.1) is 7.11 Å². The molecule has 0 N–H and O–H groups in total. The number of halogens is 8. The molecule has 0 unspecified atom stereocenters. The van der Waals surface area contributed by atoms with Crippen LogP contribution in [0.25, 0.3) is 0 Å². The molecule has 0 aliphatic rings. The molecule has 0 spiro atoms. The summed E-state index contributed by atoms with van der Waals surface area (Å²) >= 11 is 41.7. The van der Waals surface area contributed by atoms with E-state index in [1.54, 1.807) is 19.2 Å². The van der Waals surface area contributed by atoms with E-state index in [9.17, 15) is 4.39 Å². The van der Waals surface area contributed by atoms with E-state index in [1.807, 2.05) is 118 Å². The van der Waals surface area contributed by atoms with Gasteiger partial charge in [0.15, 0.2) is 0 Å². The van der Waals surface area contributed by atoms with Gasteiger partial charge in [-0.3, -0.25) is 0 Å². The van der Waals surface area contributed by atoms with Crippen molar-refractivity contribution in [2.75, 3.05) is 7.11 Å². The van der Waals surface area contributed by atoms with Crippen LogP contribution in [-0.2, 0) is 43.3 Å². The van der Waals surface area contributed by atoms with Crippen molar-refractivity contribution in [3.8, 4) is 5.75 Å². The fourth-order valence-electron chi connectivity index (χ4n) is 9.97. The molecule has 8 aromatic carbocycles. The molecular formula is C84H112Cl7FO. The number of rotatable bonds is 1. The minimum atomic E-state index is -0.111. The Morgan fingerprint density at radius 2 is 0.581 bits per heavy atom. The zero-order chi connectivity index (χ0) is 72.1. The second-order valence-corrected chi connectivity index (χ2v) is 34.6. The van der Waals surface area contributed by atoms with Crippen LogP contribution in [0.3, 0.4) is 0 Å². The molecule has 0 saturated carbocycles. The largest absolute Gasteiger partial charge is 0.496 e. The lowest BCUT2D eigenvalue weighted by molar-refractivity contribution is 0.397. The van der Waals surface area contributed by atoms with Gasteiger partial charge < -0.3 is 4.74 Å². The molecule has 9 heteroatoms. The van der Waals surface area contributed by atoms with Crippen molar-refractivity contribution in [3.63, 3.8) is 0 Å². The summed E-state index contributed by atoms with van der Waals surface area (Å²) < 4.78 is 18.4. The van der Waals surface area contributed by atoms with Crippen LogP contribution in [0.15, 0.2) is 170 Å². The molecular weight excluding hydrogens is 1290 g/mol. The van der Waals surface area contributed by atoms with Gasteiger partial charge in [-0.05, 0) is 198 Å². The standard InChI is InChI=1S/2C11H15Cl.C11H16O.C11H16.2C10H12Cl2.C10H13Cl.C10H13F/c1-8-7-9(12)5-6-10(8)11(2,3)4;1-8-5-6-9(12)7-10(8)11(2,3)4;1-11(2,3)9-7-5-6-8-10(9)12-4;1-9-7-5-6-8-10(9)11(2,3)4;1-10(2,3)8-6-7(11)4-5-9(8)12;1-10(2,3)9-7(11)5-4-6-8(9)12;2*1-10(2,3)8-6-4-5-7-9(8)11/h2*5-7H,1-4H3;5-8H,1-4H3;5-8H,1-4H3;2*4-6H,1-3H3;2*4-7H,1-3H3. The highest BCUT2D eigenvalue weighted by Gasteiger charge is 2.23. The number of aryl methyl sites for hydroxylation is 3. The van der Waals surface area contributed by atoms with Crippen LogP contribution >= 0.6 is 81.2 Å². The predicted octanol–water partition coefficient (Wildman–Crippen LogP) is 29.5. The maximum Gasteiger partial charge on any atom is 0.126 e. The Hall–Kier alpha value is -4.48. The summed E-state index contributed by atoms with van der Waals surface area (Å²) in [5, 5.41) is 5.52. The number of ether oxygens (including phenoxy) is 1. The average molecular weight is 1400 g/mol. The first-order valence-electron chi connectivity index (χ1n) is 31.9. The van der Waals surface area contributed by atoms with Crippen LogP contribution in [0, 0.1) is 26.6 Å². The molecule has 0 radical (unpaired) electrons. The smallest absolute Gasteiger partial charge is 0.126 e. The van der Waals surface area contributed by atoms with E-state index in [1.165, 1.54) is 50.6 Å². The Labute approximate surface area is 600 Å². The number of para-hydroxylation sites is 1. The molecule has 93 heavy (non-hydrogen) atoms. The van der Waals surface area contributed by atoms with E-state index >= 15 is 0 Å². The quantitative estimate of drug-likeness (QED) is 0.159. The maximum absolute atomic E-state index is 13.1. The van der Waals surface area contributed by atoms with Gasteiger partial charge in [0.1, 0.15) is 11.6 Å². The molecule has 0 aromatic heterocycles. The van der Waals surface area contributed by atoms with Gasteiger partial charge >= 0.3 is 0 Å². The summed E-state index contributed by atoms with van der Waals surface area (Å²) in [6, 6.07) is 54.9. The summed E-state index contributed by atoms with van der Waals surface area (Å²) in [6.07, 6.45) is 0. The van der Waals surface area contributed by atoms with Crippen LogP contribution in [0.2, 0.25) is 35.2 Å². The Kier molecular flexibility index (Phi) is 34.7. The molecule has 0 amide bonds. The zero-order valence-corrected chi connectivity index (χ0v) is 66.9. The van der Waals surface area contributed by atoms with Crippen molar-refractivity contribution in [2.24, 2.45) is 0 Å². The Bertz CT molecular complexity index is 3330. The SMILES string of the molecule is CC(C)(C)c1c(Cl)cccc1Cl.CC(C)(C)c1cc(Cl)ccc1Cl.CC(C)(C)c1ccccc1Cl.CC(C)(C)c1ccccc1F.COc1ccccc1C(C)(C)C.Cc1cc(Cl)ccc1C(C)(C)C.Cc1ccc(Cl)cc1C(C)(C)C.Cc1ccccc1C(C)(C)C. The molecule has 0 fully saturated rings. The third kappa shape index (κ3) is 31.5. The monoisotopic (exact) mass is 1400 g/mol. The fourth-order valence-corrected chi connectivity index (χ4v) is 12.3. The Morgan fingerprint density at radius 3 is 0.914 bits per heavy atom. The van der Waals surface area contributed by atoms with Gasteiger partial charge in [0.2, 0.25) is 0 Å². The Balaban J connectivity index is 0.000000532. The van der Waals surface area contributed by atoms with Gasteiger partial charge in [-0.1, -0.05) is 344 Å². The molecule has 0 saturated heterocycles. The van der Waals surface area contributed by atoms with Crippen molar-refractivity contribution in [3.05, 3.63) is 272 Å². The van der Waals surface area contributed by atoms with Gasteiger partial charge in [-0.25, -0.2) is 4.39 Å². The minimum Gasteiger partial charge on any atom is -0.496 e. The van der Waals surface area contributed by atoms with E-state index < -0.39 is 0 Å². The van der Waals surface area contributed by atoms with Crippen molar-refractivity contribution < 1.29 is 9.13 Å². The second-order valence-electron chi connectivity index (χ2n) is 31.6. The van der Waals surface area contributed by atoms with E-state index in [2.05, 4.69) is 221 Å². The molecule has 0 aliphatic heterocycles. The number of hydrogen-bond donors (Lipinski definition) is 0. The van der Waals surface area contributed by atoms with Crippen molar-refractivity contribution in [2.45, 2.75) is 230 Å². The second kappa shape index (κ2) is 37.3. The Morgan fingerprint density at radius 1 is 0.258 bits per heavy atom. The van der Waals surface area contributed by atoms with Crippen molar-refractivity contribution in [1.82, 2.24) is 0 Å². The van der Waals surface area contributed by atoms with E-state index in [0.29, 0.717) is 0 Å². The molecule has 0 heterocycles. The lowest BCUT2D eigenvalue weighted by Crippen LogP contribution is -2.12. The van der Waals surface area contributed by atoms with Crippen molar-refractivity contribution >= 4 is 81.2 Å². The van der Waals surface area contributed by atoms with Gasteiger partial charge in [0.25, 0.3) is 0 Å². The first-order valence-corrected chi connectivity index (χ1v) is 34.5. The van der Waals surface area contributed by atoms with Gasteiger partial charge in [-0.2, -0.15) is 0 Å². The van der Waals surface area contributed by atoms with Crippen molar-refractivity contribution in [1.29, 1.82) is 0 Å². The van der Waals surface area contributed by atoms with Crippen LogP contribution in [0.4, 0.5) is 4.39 Å². The first-order chi connectivity index (χ1) is 42.3. The summed E-state index contributed by atoms with van der Waals surface area (Å²) in [5.41, 5.74) is 14.4. The molecule has 0 bridgehead atoms. The average Bonchev–Trinajstić information content (AvgIpc) is 0.943. The number of benzene rings is 8. The maximum atomic E-state index is 13.1. The van der Waals surface area contributed by atoms with Crippen LogP contribution in [0.5, 0.6) is 5.75 Å². The molecule has 1 nitrogen and oxygen atoms in total. The molecule has 8 aromatic rings. The number of hydrogen-bond acceptors (Lipinski definition) is 1. The number of methoxy groups -OCH3 is 1. The van der Waals surface area contributed by atoms with Gasteiger partial charge in [-0.15, -0.1) is 0 Å². The van der Waals surface area contributed by atoms with E-state index in [0.717, 1.165) is 57.6 Å². The fraction of sp³-hybridized carbons (Fsp3) is 0.429. The highest BCUT2D eigenvalue weighted by Crippen LogP contribution is 2.37. The molecule has 8 rings (SSSR count). The highest BCUT2D eigenvalue weighted by atomic mass is 35.5. The minimum absolute atomic E-state index is 0.00935. The molecule has 0 atom stereocenters. The summed E-state index contributed by atoms with van der Waals surface area (Å²) in [6.45, 7) is 58.1. The summed E-state index contributed by atoms with van der Waals surface area (Å²) in [4.78, 5) is 0. The lowest BCUT2D eigenvalue weighted by Gasteiger charge is -2.21. The molecule has 0 aliphatic carbocycles. The van der Waals surface area contributed by atoms with Crippen LogP contribution in [0.1, 0.15) is 227 Å². The first kappa shape index (κ1) is 86.5. The summed E-state index contributed by atoms with van der Waals surface area (Å²) in [5.74, 6) is 0.866. The normalized spacial score (nSPS) is 11.7. The van der Waals surface area contributed by atoms with E-state index in [-0.39, 0.29) is 49.1 Å². The highest BCUT2D eigenvalue weighted by molar-refractivity contribution is 6.36. The topological polar surface area (TPSA) is 9.23 Å². The van der Waals surface area contributed by atoms with E-state index in [4.69, 9.17) is 85.9 Å². The predicted molar refractivity (Wildman–Crippen MR) is 417 cm³/mol. The van der Waals surface area contributed by atoms with Gasteiger partial charge in [0, 0.05) is 35.2 Å². The molecule has 510 valence electrons. The third-order valence-corrected chi connectivity index (χ3v) is 16.7. The lowest BCUT2D eigenvalue weighted by atomic mass is 9.84. The third-order valence-electron chi connectivity index (χ3n) is 14.7. The van der Waals surface area contributed by atoms with Crippen LogP contribution < -0.4 is 4.74 Å². The summed E-state index contributed by atoms with van der Waals surface area (Å²) in [7, 11) is 1.71. The zero-order valence-electron chi connectivity index (χ0n) is 61.6.